The molecule has 1 N–H and O–H groups in total. The van der Waals surface area contributed by atoms with Gasteiger partial charge in [0.1, 0.15) is 10.8 Å². The maximum atomic E-state index is 12.7. The number of carbonyl (C=O) groups is 3. The van der Waals surface area contributed by atoms with Gasteiger partial charge in [0.15, 0.2) is 0 Å². The van der Waals surface area contributed by atoms with Gasteiger partial charge in [0.05, 0.1) is 30.3 Å². The zero-order valence-corrected chi connectivity index (χ0v) is 16.4. The molecule has 2 heterocycles. The highest BCUT2D eigenvalue weighted by atomic mass is 32.1. The Bertz CT molecular complexity index is 1110. The summed E-state index contributed by atoms with van der Waals surface area (Å²) in [5.74, 6) is -0.745. The standard InChI is InChI=1S/C20H16N4O4S/c1-11-22-23-20(29-11)21-17(25)15-9-12(7-8-16(15)28-2)10-24-18(26)13-5-3-4-6-14(13)19(24)27/h3-9H,10H2,1-2H3,(H,21,23,25). The number of methoxy groups -OCH3 is 1. The molecular weight excluding hydrogens is 392 g/mol. The van der Waals surface area contributed by atoms with E-state index < -0.39 is 5.91 Å². The number of anilines is 1. The number of carbonyl (C=O) groups excluding carboxylic acids is 3. The van der Waals surface area contributed by atoms with E-state index in [0.29, 0.717) is 27.6 Å². The van der Waals surface area contributed by atoms with E-state index in [-0.39, 0.29) is 23.9 Å². The largest absolute Gasteiger partial charge is 0.496 e. The smallest absolute Gasteiger partial charge is 0.261 e. The highest BCUT2D eigenvalue weighted by Gasteiger charge is 2.35. The summed E-state index contributed by atoms with van der Waals surface area (Å²) in [6.45, 7) is 1.84. The summed E-state index contributed by atoms with van der Waals surface area (Å²) in [5.41, 5.74) is 1.67. The third-order valence-corrected chi connectivity index (χ3v) is 5.23. The summed E-state index contributed by atoms with van der Waals surface area (Å²) in [4.78, 5) is 39.0. The van der Waals surface area contributed by atoms with Gasteiger partial charge in [-0.25, -0.2) is 0 Å². The Labute approximate surface area is 170 Å². The lowest BCUT2D eigenvalue weighted by Gasteiger charge is -2.15. The third kappa shape index (κ3) is 3.47. The van der Waals surface area contributed by atoms with Crippen molar-refractivity contribution in [1.82, 2.24) is 15.1 Å². The van der Waals surface area contributed by atoms with Crippen molar-refractivity contribution >= 4 is 34.2 Å². The molecule has 1 aliphatic heterocycles. The van der Waals surface area contributed by atoms with Gasteiger partial charge in [0.2, 0.25) is 5.13 Å². The molecular formula is C20H16N4O4S. The van der Waals surface area contributed by atoms with Gasteiger partial charge >= 0.3 is 0 Å². The van der Waals surface area contributed by atoms with Crippen molar-refractivity contribution in [3.63, 3.8) is 0 Å². The summed E-state index contributed by atoms with van der Waals surface area (Å²) in [7, 11) is 1.46. The van der Waals surface area contributed by atoms with E-state index in [4.69, 9.17) is 4.74 Å². The quantitative estimate of drug-likeness (QED) is 0.652. The summed E-state index contributed by atoms with van der Waals surface area (Å²) in [6.07, 6.45) is 0. The summed E-state index contributed by atoms with van der Waals surface area (Å²) < 4.78 is 5.29. The van der Waals surface area contributed by atoms with Gasteiger partial charge in [0, 0.05) is 0 Å². The number of rotatable bonds is 5. The van der Waals surface area contributed by atoms with Crippen molar-refractivity contribution in [2.45, 2.75) is 13.5 Å². The van der Waals surface area contributed by atoms with E-state index in [1.165, 1.54) is 23.3 Å². The van der Waals surface area contributed by atoms with Gasteiger partial charge in [-0.15, -0.1) is 10.2 Å². The van der Waals surface area contributed by atoms with Crippen LogP contribution in [0.1, 0.15) is 41.6 Å². The minimum absolute atomic E-state index is 0.0501. The van der Waals surface area contributed by atoms with Crippen molar-refractivity contribution in [3.8, 4) is 5.75 Å². The third-order valence-electron chi connectivity index (χ3n) is 4.47. The van der Waals surface area contributed by atoms with Crippen LogP contribution >= 0.6 is 11.3 Å². The molecule has 1 aliphatic rings. The number of aromatic nitrogens is 2. The molecule has 9 heteroatoms. The average molecular weight is 408 g/mol. The number of aryl methyl sites for hydroxylation is 1. The predicted molar refractivity (Wildman–Crippen MR) is 106 cm³/mol. The molecule has 0 unspecified atom stereocenters. The van der Waals surface area contributed by atoms with Crippen LogP contribution in [0.25, 0.3) is 0 Å². The zero-order chi connectivity index (χ0) is 20.5. The van der Waals surface area contributed by atoms with Gasteiger partial charge in [-0.1, -0.05) is 29.5 Å². The van der Waals surface area contributed by atoms with Gasteiger partial charge < -0.3 is 4.74 Å². The molecule has 1 aromatic heterocycles. The first-order valence-corrected chi connectivity index (χ1v) is 9.53. The second-order valence-corrected chi connectivity index (χ2v) is 7.54. The van der Waals surface area contributed by atoms with Crippen molar-refractivity contribution in [2.75, 3.05) is 12.4 Å². The van der Waals surface area contributed by atoms with Crippen molar-refractivity contribution < 1.29 is 19.1 Å². The van der Waals surface area contributed by atoms with Crippen LogP contribution < -0.4 is 10.1 Å². The van der Waals surface area contributed by atoms with Crippen molar-refractivity contribution in [2.24, 2.45) is 0 Å². The fraction of sp³-hybridized carbons (Fsp3) is 0.150. The fourth-order valence-corrected chi connectivity index (χ4v) is 3.69. The molecule has 8 nitrogen and oxygen atoms in total. The van der Waals surface area contributed by atoms with E-state index in [9.17, 15) is 14.4 Å². The fourth-order valence-electron chi connectivity index (χ4n) is 3.11. The van der Waals surface area contributed by atoms with Gasteiger partial charge in [-0.05, 0) is 36.8 Å². The van der Waals surface area contributed by atoms with Crippen LogP contribution in [0.2, 0.25) is 0 Å². The molecule has 3 aromatic rings. The lowest BCUT2D eigenvalue weighted by atomic mass is 10.1. The number of ether oxygens (including phenoxy) is 1. The Kier molecular flexibility index (Phi) is 4.81. The summed E-state index contributed by atoms with van der Waals surface area (Å²) in [6, 6.07) is 11.7. The Morgan fingerprint density at radius 3 is 2.38 bits per heavy atom. The number of hydrogen-bond donors (Lipinski definition) is 1. The van der Waals surface area contributed by atoms with Gasteiger partial charge in [-0.3, -0.25) is 24.6 Å². The van der Waals surface area contributed by atoms with Crippen LogP contribution in [0, 0.1) is 6.92 Å². The highest BCUT2D eigenvalue weighted by molar-refractivity contribution is 7.15. The molecule has 0 fully saturated rings. The molecule has 0 atom stereocenters. The molecule has 0 bridgehead atoms. The molecule has 3 amide bonds. The predicted octanol–water partition coefficient (Wildman–Crippen LogP) is 2.90. The zero-order valence-electron chi connectivity index (χ0n) is 15.6. The topological polar surface area (TPSA) is 101 Å². The molecule has 4 rings (SSSR count). The number of fused-ring (bicyclic) bond motifs is 1. The average Bonchev–Trinajstić information content (AvgIpc) is 3.24. The molecule has 2 aromatic carbocycles. The van der Waals surface area contributed by atoms with Crippen LogP contribution in [0.5, 0.6) is 5.75 Å². The lowest BCUT2D eigenvalue weighted by Crippen LogP contribution is -2.29. The molecule has 0 radical (unpaired) electrons. The van der Waals surface area contributed by atoms with E-state index >= 15 is 0 Å². The second kappa shape index (κ2) is 7.44. The maximum Gasteiger partial charge on any atom is 0.261 e. The lowest BCUT2D eigenvalue weighted by molar-refractivity contribution is 0.0642. The number of imide groups is 1. The van der Waals surface area contributed by atoms with Crippen LogP contribution in [-0.2, 0) is 6.54 Å². The first-order valence-electron chi connectivity index (χ1n) is 8.71. The van der Waals surface area contributed by atoms with Crippen LogP contribution in [0.15, 0.2) is 42.5 Å². The van der Waals surface area contributed by atoms with E-state index in [0.717, 1.165) is 5.01 Å². The molecule has 0 saturated carbocycles. The Morgan fingerprint density at radius 2 is 1.79 bits per heavy atom. The second-order valence-electron chi connectivity index (χ2n) is 6.36. The first-order chi connectivity index (χ1) is 14.0. The Balaban J connectivity index is 1.59. The molecule has 0 aliphatic carbocycles. The van der Waals surface area contributed by atoms with Crippen LogP contribution in [0.4, 0.5) is 5.13 Å². The minimum atomic E-state index is -0.415. The number of amides is 3. The monoisotopic (exact) mass is 408 g/mol. The SMILES string of the molecule is COc1ccc(CN2C(=O)c3ccccc3C2=O)cc1C(=O)Nc1nnc(C)s1. The maximum absolute atomic E-state index is 12.7. The minimum Gasteiger partial charge on any atom is -0.496 e. The molecule has 146 valence electrons. The normalized spacial score (nSPS) is 12.8. The van der Waals surface area contributed by atoms with E-state index in [1.54, 1.807) is 49.4 Å². The molecule has 0 saturated heterocycles. The van der Waals surface area contributed by atoms with Gasteiger partial charge in [-0.2, -0.15) is 0 Å². The number of nitrogens with one attached hydrogen (secondary N) is 1. The number of nitrogens with zero attached hydrogens (tertiary/aromatic N) is 3. The summed E-state index contributed by atoms with van der Waals surface area (Å²) >= 11 is 1.26. The highest BCUT2D eigenvalue weighted by Crippen LogP contribution is 2.27. The number of hydrogen-bond acceptors (Lipinski definition) is 7. The van der Waals surface area contributed by atoms with E-state index in [1.807, 2.05) is 0 Å². The Morgan fingerprint density at radius 1 is 1.10 bits per heavy atom. The van der Waals surface area contributed by atoms with Crippen molar-refractivity contribution in [3.05, 3.63) is 69.7 Å². The van der Waals surface area contributed by atoms with Crippen molar-refractivity contribution in [1.29, 1.82) is 0 Å². The van der Waals surface area contributed by atoms with Gasteiger partial charge in [0.25, 0.3) is 17.7 Å². The Hall–Kier alpha value is -3.59. The summed E-state index contributed by atoms with van der Waals surface area (Å²) in [5, 5.41) is 11.5. The first kappa shape index (κ1) is 18.8. The molecule has 0 spiro atoms. The van der Waals surface area contributed by atoms with Crippen LogP contribution in [-0.4, -0.2) is 39.9 Å². The molecule has 29 heavy (non-hydrogen) atoms. The number of benzene rings is 2. The van der Waals surface area contributed by atoms with Crippen LogP contribution in [0.3, 0.4) is 0 Å². The van der Waals surface area contributed by atoms with E-state index in [2.05, 4.69) is 15.5 Å².